The Morgan fingerprint density at radius 3 is 1.55 bits per heavy atom. The molecule has 86 heavy (non-hydrogen) atoms. The van der Waals surface area contributed by atoms with Crippen molar-refractivity contribution in [3.63, 3.8) is 0 Å². The molecule has 14 aromatic rings. The highest BCUT2D eigenvalue weighted by Crippen LogP contribution is 2.45. The summed E-state index contributed by atoms with van der Waals surface area (Å²) in [6.45, 7) is 0.227. The molecule has 4 heterocycles. The van der Waals surface area contributed by atoms with Crippen LogP contribution < -0.4 is 26.2 Å². The Kier molecular flexibility index (Phi) is 12.3. The first-order chi connectivity index (χ1) is 42.6. The molecular formula is C77H51BN6O2. The normalized spacial score (nSPS) is 12.2. The molecule has 0 saturated carbocycles. The van der Waals surface area contributed by atoms with Crippen molar-refractivity contribution in [2.75, 3.05) is 9.80 Å². The predicted molar refractivity (Wildman–Crippen MR) is 351 cm³/mol. The lowest BCUT2D eigenvalue weighted by molar-refractivity contribution is 0.0473. The van der Waals surface area contributed by atoms with Crippen LogP contribution in [0.1, 0.15) is 15.9 Å². The number of carbonyl (C=O) groups is 1. The molecule has 0 fully saturated rings. The van der Waals surface area contributed by atoms with Crippen molar-refractivity contribution in [1.29, 1.82) is 0 Å². The highest BCUT2D eigenvalue weighted by atomic mass is 16.5. The molecule has 0 aliphatic carbocycles. The SMILES string of the molecule is O=C(OCc1ccccc1)c1ccc2c(c1)c1ccccc1n2-c1ccc(-c2nc(-c3ccccc3)nc(-c3ccccc3)n2)cc1-c1cccc(-c2cccc(N3c4ccccc4B4c5ccccc5N(c5ccccc5)c5cccc3c54)c2)c1. The summed E-state index contributed by atoms with van der Waals surface area (Å²) in [7, 11) is 0. The molecule has 0 unspecified atom stereocenters. The van der Waals surface area contributed by atoms with Gasteiger partial charge in [-0.2, -0.15) is 0 Å². The lowest BCUT2D eigenvalue weighted by Gasteiger charge is -2.44. The lowest BCUT2D eigenvalue weighted by Crippen LogP contribution is -2.61. The van der Waals surface area contributed by atoms with Gasteiger partial charge in [-0.05, 0) is 136 Å². The van der Waals surface area contributed by atoms with Gasteiger partial charge in [0.25, 0.3) is 6.71 Å². The molecule has 404 valence electrons. The van der Waals surface area contributed by atoms with Crippen molar-refractivity contribution in [2.24, 2.45) is 0 Å². The first kappa shape index (κ1) is 50.3. The first-order valence-corrected chi connectivity index (χ1v) is 29.0. The van der Waals surface area contributed by atoms with Crippen molar-refractivity contribution >= 4 is 85.0 Å². The van der Waals surface area contributed by atoms with Gasteiger partial charge in [0.1, 0.15) is 6.61 Å². The van der Waals surface area contributed by atoms with Crippen molar-refractivity contribution in [1.82, 2.24) is 19.5 Å². The van der Waals surface area contributed by atoms with Gasteiger partial charge < -0.3 is 19.1 Å². The minimum absolute atomic E-state index is 0.0417. The standard InChI is InChI=1S/C77H51BN6O2/c85-77(86-50-51-22-5-1-6-23-51)58-43-45-68-63(49-58)61-34-13-16-37-66(61)84(68)67-44-42-57(76-80-74(52-24-7-2-8-25-52)79-75(81-76)53-26-9-3-10-27-53)48-62(67)56-30-19-28-54(46-56)55-29-20-33-60(47-55)83-70-39-18-15-36-65(70)78-64-35-14-17-38-69(64)82(59-31-11-4-12-32-59)71-40-21-41-72(83)73(71)78/h1-49H,50H2. The molecular weight excluding hydrogens is 1050 g/mol. The molecule has 0 saturated heterocycles. The topological polar surface area (TPSA) is 76.4 Å². The van der Waals surface area contributed by atoms with E-state index in [1.165, 1.54) is 27.8 Å². The van der Waals surface area contributed by atoms with Crippen molar-refractivity contribution in [3.8, 4) is 62.1 Å². The molecule has 2 aliphatic rings. The third-order valence-corrected chi connectivity index (χ3v) is 16.7. The summed E-state index contributed by atoms with van der Waals surface area (Å²) in [6.07, 6.45) is 0. The van der Waals surface area contributed by atoms with E-state index in [-0.39, 0.29) is 19.3 Å². The van der Waals surface area contributed by atoms with Crippen molar-refractivity contribution in [3.05, 3.63) is 308 Å². The maximum absolute atomic E-state index is 13.8. The van der Waals surface area contributed by atoms with Crippen molar-refractivity contribution in [2.45, 2.75) is 6.61 Å². The Labute approximate surface area is 498 Å². The number of para-hydroxylation sites is 4. The fourth-order valence-corrected chi connectivity index (χ4v) is 12.9. The van der Waals surface area contributed by atoms with E-state index in [9.17, 15) is 4.79 Å². The number of anilines is 6. The third kappa shape index (κ3) is 8.72. The van der Waals surface area contributed by atoms with E-state index in [1.807, 2.05) is 109 Å². The van der Waals surface area contributed by atoms with Crippen LogP contribution in [0.3, 0.4) is 0 Å². The summed E-state index contributed by atoms with van der Waals surface area (Å²) in [5, 5.41) is 1.95. The summed E-state index contributed by atoms with van der Waals surface area (Å²) in [6, 6.07) is 104. The quantitative estimate of drug-likeness (QED) is 0.0943. The van der Waals surface area contributed by atoms with Gasteiger partial charge in [-0.15, -0.1) is 0 Å². The summed E-state index contributed by atoms with van der Waals surface area (Å²) >= 11 is 0. The van der Waals surface area contributed by atoms with Gasteiger partial charge in [0.05, 0.1) is 22.3 Å². The molecule has 0 atom stereocenters. The molecule has 2 aliphatic heterocycles. The molecule has 0 radical (unpaired) electrons. The van der Waals surface area contributed by atoms with E-state index in [0.717, 1.165) is 94.8 Å². The van der Waals surface area contributed by atoms with E-state index < -0.39 is 0 Å². The molecule has 0 bridgehead atoms. The van der Waals surface area contributed by atoms with Crippen LogP contribution in [0.2, 0.25) is 0 Å². The van der Waals surface area contributed by atoms with Gasteiger partial charge >= 0.3 is 5.97 Å². The van der Waals surface area contributed by atoms with E-state index in [2.05, 4.69) is 202 Å². The van der Waals surface area contributed by atoms with E-state index >= 15 is 0 Å². The molecule has 8 nitrogen and oxygen atoms in total. The second kappa shape index (κ2) is 21.1. The fourth-order valence-electron chi connectivity index (χ4n) is 12.9. The molecule has 9 heteroatoms. The largest absolute Gasteiger partial charge is 0.457 e. The Bertz CT molecular complexity index is 4880. The number of rotatable bonds is 11. The smallest absolute Gasteiger partial charge is 0.338 e. The monoisotopic (exact) mass is 1100 g/mol. The van der Waals surface area contributed by atoms with Gasteiger partial charge in [-0.25, -0.2) is 19.7 Å². The van der Waals surface area contributed by atoms with Crippen LogP contribution in [-0.4, -0.2) is 32.2 Å². The summed E-state index contributed by atoms with van der Waals surface area (Å²) < 4.78 is 8.19. The van der Waals surface area contributed by atoms with Crippen LogP contribution >= 0.6 is 0 Å². The van der Waals surface area contributed by atoms with Crippen LogP contribution in [0.5, 0.6) is 0 Å². The number of benzene rings is 12. The number of nitrogens with zero attached hydrogens (tertiary/aromatic N) is 6. The molecule has 0 amide bonds. The minimum atomic E-state index is -0.377. The molecule has 16 rings (SSSR count). The van der Waals surface area contributed by atoms with E-state index in [4.69, 9.17) is 19.7 Å². The number of esters is 1. The van der Waals surface area contributed by atoms with Crippen molar-refractivity contribution < 1.29 is 9.53 Å². The maximum Gasteiger partial charge on any atom is 0.338 e. The van der Waals surface area contributed by atoms with E-state index in [1.54, 1.807) is 0 Å². The summed E-state index contributed by atoms with van der Waals surface area (Å²) in [5.41, 5.74) is 21.7. The minimum Gasteiger partial charge on any atom is -0.457 e. The second-order valence-corrected chi connectivity index (χ2v) is 21.8. The van der Waals surface area contributed by atoms with E-state index in [0.29, 0.717) is 23.0 Å². The number of carbonyl (C=O) groups excluding carboxylic acids is 1. The Hall–Kier alpha value is -11.4. The molecule has 2 aromatic heterocycles. The highest BCUT2D eigenvalue weighted by Gasteiger charge is 2.43. The Morgan fingerprint density at radius 1 is 0.360 bits per heavy atom. The predicted octanol–water partition coefficient (Wildman–Crippen LogP) is 16.7. The van der Waals surface area contributed by atoms with Crippen LogP contribution in [0.15, 0.2) is 297 Å². The zero-order chi connectivity index (χ0) is 57.1. The van der Waals surface area contributed by atoms with Crippen LogP contribution in [0, 0.1) is 0 Å². The zero-order valence-electron chi connectivity index (χ0n) is 46.6. The number of hydrogen-bond acceptors (Lipinski definition) is 7. The number of aromatic nitrogens is 4. The molecule has 0 N–H and O–H groups in total. The number of fused-ring (bicyclic) bond motifs is 7. The van der Waals surface area contributed by atoms with Crippen LogP contribution in [-0.2, 0) is 11.3 Å². The highest BCUT2D eigenvalue weighted by molar-refractivity contribution is 7.00. The van der Waals surface area contributed by atoms with Gasteiger partial charge in [0, 0.05) is 67.2 Å². The maximum atomic E-state index is 13.8. The second-order valence-electron chi connectivity index (χ2n) is 21.8. The number of hydrogen-bond donors (Lipinski definition) is 0. The zero-order valence-corrected chi connectivity index (χ0v) is 46.6. The third-order valence-electron chi connectivity index (χ3n) is 16.7. The average Bonchev–Trinajstić information content (AvgIpc) is 2.95. The van der Waals surface area contributed by atoms with Gasteiger partial charge in [-0.3, -0.25) is 0 Å². The summed E-state index contributed by atoms with van der Waals surface area (Å²) in [5.74, 6) is 1.35. The van der Waals surface area contributed by atoms with Gasteiger partial charge in [-0.1, -0.05) is 200 Å². The van der Waals surface area contributed by atoms with Gasteiger partial charge in [0.15, 0.2) is 17.5 Å². The Morgan fingerprint density at radius 2 is 0.860 bits per heavy atom. The van der Waals surface area contributed by atoms with Crippen LogP contribution in [0.4, 0.5) is 34.1 Å². The lowest BCUT2D eigenvalue weighted by atomic mass is 9.33. The number of ether oxygens (including phenoxy) is 1. The van der Waals surface area contributed by atoms with Crippen LogP contribution in [0.25, 0.3) is 83.9 Å². The first-order valence-electron chi connectivity index (χ1n) is 29.0. The fraction of sp³-hybridized carbons (Fsp3) is 0.0130. The Balaban J connectivity index is 0.851. The molecule has 0 spiro atoms. The molecule has 12 aromatic carbocycles. The average molecular weight is 1100 g/mol. The summed E-state index contributed by atoms with van der Waals surface area (Å²) in [4.78, 5) is 34.1. The van der Waals surface area contributed by atoms with Gasteiger partial charge in [0.2, 0.25) is 0 Å².